The molecule has 0 fully saturated rings. The predicted octanol–water partition coefficient (Wildman–Crippen LogP) is 3.11. The molecule has 0 bridgehead atoms. The van der Waals surface area contributed by atoms with Crippen molar-refractivity contribution >= 4 is 0 Å². The van der Waals surface area contributed by atoms with Crippen molar-refractivity contribution in [1.29, 1.82) is 0 Å². The molecule has 0 aliphatic carbocycles. The summed E-state index contributed by atoms with van der Waals surface area (Å²) < 4.78 is 5.82. The molecule has 0 heterocycles. The Morgan fingerprint density at radius 1 is 1.00 bits per heavy atom. The summed E-state index contributed by atoms with van der Waals surface area (Å²) in [6, 6.07) is 16.2. The third-order valence-corrected chi connectivity index (χ3v) is 3.90. The van der Waals surface area contributed by atoms with Crippen LogP contribution in [0.2, 0.25) is 0 Å². The lowest BCUT2D eigenvalue weighted by Crippen LogP contribution is -2.12. The molecular formula is C19H24O3. The minimum absolute atomic E-state index is 0.0339. The highest BCUT2D eigenvalue weighted by atomic mass is 16.5. The van der Waals surface area contributed by atoms with Crippen molar-refractivity contribution in [2.24, 2.45) is 5.92 Å². The molecule has 0 spiro atoms. The lowest BCUT2D eigenvalue weighted by molar-refractivity contribution is 0.144. The summed E-state index contributed by atoms with van der Waals surface area (Å²) in [5, 5.41) is 18.2. The van der Waals surface area contributed by atoms with Crippen molar-refractivity contribution in [3.05, 3.63) is 65.2 Å². The number of aliphatic hydroxyl groups excluding tert-OH is 2. The summed E-state index contributed by atoms with van der Waals surface area (Å²) in [5.74, 6) is 0.833. The van der Waals surface area contributed by atoms with Crippen LogP contribution >= 0.6 is 0 Å². The third kappa shape index (κ3) is 4.86. The highest BCUT2D eigenvalue weighted by Crippen LogP contribution is 2.20. The monoisotopic (exact) mass is 300 g/mol. The molecule has 2 aromatic rings. The van der Waals surface area contributed by atoms with Crippen molar-refractivity contribution in [3.8, 4) is 5.75 Å². The summed E-state index contributed by atoms with van der Waals surface area (Å²) in [7, 11) is 0. The summed E-state index contributed by atoms with van der Waals surface area (Å²) >= 11 is 0. The fourth-order valence-electron chi connectivity index (χ4n) is 2.38. The first-order valence-electron chi connectivity index (χ1n) is 7.71. The number of aliphatic hydroxyl groups is 2. The molecule has 0 amide bonds. The van der Waals surface area contributed by atoms with Gasteiger partial charge in [-0.2, -0.15) is 0 Å². The van der Waals surface area contributed by atoms with Crippen LogP contribution in [0.4, 0.5) is 0 Å². The Labute approximate surface area is 132 Å². The highest BCUT2D eigenvalue weighted by Gasteiger charge is 2.08. The molecule has 3 nitrogen and oxygen atoms in total. The van der Waals surface area contributed by atoms with Crippen LogP contribution in [0.1, 0.15) is 23.1 Å². The van der Waals surface area contributed by atoms with Gasteiger partial charge in [0.05, 0.1) is 0 Å². The molecule has 3 heteroatoms. The average molecular weight is 300 g/mol. The van der Waals surface area contributed by atoms with Gasteiger partial charge in [0.15, 0.2) is 0 Å². The van der Waals surface area contributed by atoms with Gasteiger partial charge in [-0.25, -0.2) is 0 Å². The molecule has 0 radical (unpaired) electrons. The van der Waals surface area contributed by atoms with Gasteiger partial charge in [0.1, 0.15) is 12.4 Å². The zero-order chi connectivity index (χ0) is 15.8. The second kappa shape index (κ2) is 8.57. The van der Waals surface area contributed by atoms with E-state index in [-0.39, 0.29) is 19.1 Å². The molecular weight excluding hydrogens is 276 g/mol. The number of benzene rings is 2. The van der Waals surface area contributed by atoms with Crippen molar-refractivity contribution in [1.82, 2.24) is 0 Å². The van der Waals surface area contributed by atoms with Gasteiger partial charge in [0.25, 0.3) is 0 Å². The van der Waals surface area contributed by atoms with Crippen molar-refractivity contribution in [3.63, 3.8) is 0 Å². The Kier molecular flexibility index (Phi) is 6.44. The number of ether oxygens (including phenoxy) is 1. The predicted molar refractivity (Wildman–Crippen MR) is 87.9 cm³/mol. The van der Waals surface area contributed by atoms with Crippen LogP contribution in [0.5, 0.6) is 5.75 Å². The van der Waals surface area contributed by atoms with E-state index in [0.717, 1.165) is 24.2 Å². The Hall–Kier alpha value is -1.84. The molecule has 0 atom stereocenters. The minimum Gasteiger partial charge on any atom is -0.489 e. The van der Waals surface area contributed by atoms with Crippen LogP contribution in [-0.4, -0.2) is 23.4 Å². The van der Waals surface area contributed by atoms with E-state index in [1.807, 2.05) is 42.5 Å². The van der Waals surface area contributed by atoms with Gasteiger partial charge in [-0.3, -0.25) is 0 Å². The van der Waals surface area contributed by atoms with Gasteiger partial charge in [-0.15, -0.1) is 0 Å². The maximum atomic E-state index is 9.12. The van der Waals surface area contributed by atoms with Crippen molar-refractivity contribution in [2.75, 3.05) is 13.2 Å². The molecule has 118 valence electrons. The van der Waals surface area contributed by atoms with E-state index in [1.54, 1.807) is 0 Å². The molecule has 0 aromatic heterocycles. The Morgan fingerprint density at radius 2 is 1.73 bits per heavy atom. The normalized spacial score (nSPS) is 10.9. The van der Waals surface area contributed by atoms with E-state index in [9.17, 15) is 0 Å². The summed E-state index contributed by atoms with van der Waals surface area (Å²) in [4.78, 5) is 0. The van der Waals surface area contributed by atoms with Crippen LogP contribution < -0.4 is 4.74 Å². The lowest BCUT2D eigenvalue weighted by Gasteiger charge is -2.13. The molecule has 2 rings (SSSR count). The van der Waals surface area contributed by atoms with Crippen LogP contribution in [0, 0.1) is 12.8 Å². The van der Waals surface area contributed by atoms with E-state index in [0.29, 0.717) is 6.61 Å². The Bertz CT molecular complexity index is 562. The van der Waals surface area contributed by atoms with Crippen molar-refractivity contribution < 1.29 is 14.9 Å². The fourth-order valence-corrected chi connectivity index (χ4v) is 2.38. The minimum atomic E-state index is -0.0339. The van der Waals surface area contributed by atoms with Gasteiger partial charge in [0.2, 0.25) is 0 Å². The van der Waals surface area contributed by atoms with Gasteiger partial charge >= 0.3 is 0 Å². The summed E-state index contributed by atoms with van der Waals surface area (Å²) in [6.45, 7) is 2.70. The van der Waals surface area contributed by atoms with Crippen molar-refractivity contribution in [2.45, 2.75) is 26.4 Å². The summed E-state index contributed by atoms with van der Waals surface area (Å²) in [6.07, 6.45) is 1.65. The van der Waals surface area contributed by atoms with Crippen LogP contribution in [0.25, 0.3) is 0 Å². The first kappa shape index (κ1) is 16.5. The second-order valence-corrected chi connectivity index (χ2v) is 5.63. The highest BCUT2D eigenvalue weighted by molar-refractivity contribution is 5.35. The molecule has 0 unspecified atom stereocenters. The SMILES string of the molecule is Cc1cc(OCc2ccccc2)ccc1CCC(CO)CO. The third-order valence-electron chi connectivity index (χ3n) is 3.90. The number of hydrogen-bond acceptors (Lipinski definition) is 3. The molecule has 0 aliphatic rings. The van der Waals surface area contributed by atoms with Gasteiger partial charge in [0, 0.05) is 19.1 Å². The zero-order valence-electron chi connectivity index (χ0n) is 13.0. The smallest absolute Gasteiger partial charge is 0.120 e. The van der Waals surface area contributed by atoms with E-state index in [2.05, 4.69) is 13.0 Å². The standard InChI is InChI=1S/C19H24O3/c1-15-11-19(22-14-16-5-3-2-4-6-16)10-9-18(15)8-7-17(12-20)13-21/h2-6,9-11,17,20-21H,7-8,12-14H2,1H3. The van der Waals surface area contributed by atoms with Crippen LogP contribution in [0.3, 0.4) is 0 Å². The second-order valence-electron chi connectivity index (χ2n) is 5.63. The molecule has 0 saturated carbocycles. The summed E-state index contributed by atoms with van der Waals surface area (Å²) in [5.41, 5.74) is 3.57. The first-order valence-corrected chi connectivity index (χ1v) is 7.71. The maximum Gasteiger partial charge on any atom is 0.120 e. The first-order chi connectivity index (χ1) is 10.7. The van der Waals surface area contributed by atoms with E-state index in [1.165, 1.54) is 11.1 Å². The Balaban J connectivity index is 1.91. The largest absolute Gasteiger partial charge is 0.489 e. The Morgan fingerprint density at radius 3 is 2.36 bits per heavy atom. The van der Waals surface area contributed by atoms with E-state index in [4.69, 9.17) is 14.9 Å². The van der Waals surface area contributed by atoms with E-state index < -0.39 is 0 Å². The fraction of sp³-hybridized carbons (Fsp3) is 0.368. The quantitative estimate of drug-likeness (QED) is 0.787. The molecule has 0 aliphatic heterocycles. The maximum absolute atomic E-state index is 9.12. The number of aryl methyl sites for hydroxylation is 2. The topological polar surface area (TPSA) is 49.7 Å². The molecule has 2 aromatic carbocycles. The number of rotatable bonds is 8. The van der Waals surface area contributed by atoms with Crippen LogP contribution in [-0.2, 0) is 13.0 Å². The number of hydrogen-bond donors (Lipinski definition) is 2. The van der Waals surface area contributed by atoms with Gasteiger partial charge < -0.3 is 14.9 Å². The molecule has 2 N–H and O–H groups in total. The van der Waals surface area contributed by atoms with E-state index >= 15 is 0 Å². The van der Waals surface area contributed by atoms with Crippen LogP contribution in [0.15, 0.2) is 48.5 Å². The molecule has 22 heavy (non-hydrogen) atoms. The average Bonchev–Trinajstić information content (AvgIpc) is 2.56. The van der Waals surface area contributed by atoms with Gasteiger partial charge in [-0.1, -0.05) is 36.4 Å². The zero-order valence-corrected chi connectivity index (χ0v) is 13.0. The lowest BCUT2D eigenvalue weighted by atomic mass is 9.98. The van der Waals surface area contributed by atoms with Gasteiger partial charge in [-0.05, 0) is 48.6 Å². The molecule has 0 saturated heterocycles.